The smallest absolute Gasteiger partial charge is 0.264 e. The molecule has 0 bridgehead atoms. The Balaban J connectivity index is 1.57. The van der Waals surface area contributed by atoms with E-state index in [4.69, 9.17) is 11.6 Å². The van der Waals surface area contributed by atoms with E-state index in [-0.39, 0.29) is 17.9 Å². The Labute approximate surface area is 190 Å². The summed E-state index contributed by atoms with van der Waals surface area (Å²) in [5.41, 5.74) is 3.06. The number of carbonyl (C=O) groups excluding carboxylic acids is 2. The average molecular weight is 449 g/mol. The molecule has 0 saturated heterocycles. The van der Waals surface area contributed by atoms with Crippen LogP contribution in [0.5, 0.6) is 0 Å². The van der Waals surface area contributed by atoms with Crippen LogP contribution < -0.4 is 10.2 Å². The zero-order valence-corrected chi connectivity index (χ0v) is 18.7. The van der Waals surface area contributed by atoms with E-state index < -0.39 is 0 Å². The van der Waals surface area contributed by atoms with E-state index >= 15 is 0 Å². The summed E-state index contributed by atoms with van der Waals surface area (Å²) >= 11 is 7.63. The first-order chi connectivity index (χ1) is 14.9. The molecule has 6 heteroatoms. The third-order valence-electron chi connectivity index (χ3n) is 5.16. The Morgan fingerprint density at radius 2 is 1.77 bits per heavy atom. The van der Waals surface area contributed by atoms with Crippen molar-refractivity contribution in [3.05, 3.63) is 99.4 Å². The summed E-state index contributed by atoms with van der Waals surface area (Å²) < 4.78 is 0. The molecule has 3 aromatic carbocycles. The maximum absolute atomic E-state index is 12.9. The van der Waals surface area contributed by atoms with Gasteiger partial charge in [-0.25, -0.2) is 0 Å². The standard InChI is InChI=1S/C25H21ClN2O2S/c1-16(17-8-4-3-5-9-17)27-24(29)19-12-13-22-21(14-19)28(2)25(30)23(31-22)15-18-10-6-7-11-20(18)26/h3-16H,1-2H3,(H,27,29). The summed E-state index contributed by atoms with van der Waals surface area (Å²) in [6.45, 7) is 1.95. The average Bonchev–Trinajstić information content (AvgIpc) is 2.79. The Hall–Kier alpha value is -3.02. The van der Waals surface area contributed by atoms with E-state index in [1.54, 1.807) is 36.2 Å². The molecule has 1 unspecified atom stereocenters. The van der Waals surface area contributed by atoms with Crippen LogP contribution in [0.3, 0.4) is 0 Å². The highest BCUT2D eigenvalue weighted by molar-refractivity contribution is 8.04. The quantitative estimate of drug-likeness (QED) is 0.502. The second-order valence-electron chi connectivity index (χ2n) is 7.28. The van der Waals surface area contributed by atoms with Gasteiger partial charge in [0.25, 0.3) is 11.8 Å². The van der Waals surface area contributed by atoms with E-state index in [2.05, 4.69) is 5.32 Å². The maximum atomic E-state index is 12.9. The monoisotopic (exact) mass is 448 g/mol. The fourth-order valence-electron chi connectivity index (χ4n) is 3.37. The van der Waals surface area contributed by atoms with Gasteiger partial charge in [-0.05, 0) is 48.4 Å². The molecule has 0 radical (unpaired) electrons. The largest absolute Gasteiger partial charge is 0.346 e. The van der Waals surface area contributed by atoms with E-state index in [1.807, 2.05) is 61.5 Å². The van der Waals surface area contributed by atoms with Crippen LogP contribution in [-0.4, -0.2) is 18.9 Å². The topological polar surface area (TPSA) is 49.4 Å². The lowest BCUT2D eigenvalue weighted by Crippen LogP contribution is -2.31. The number of carbonyl (C=O) groups is 2. The third kappa shape index (κ3) is 4.53. The number of thioether (sulfide) groups is 1. The van der Waals surface area contributed by atoms with Crippen LogP contribution in [0.4, 0.5) is 5.69 Å². The van der Waals surface area contributed by atoms with Gasteiger partial charge in [0.05, 0.1) is 16.6 Å². The molecule has 3 aromatic rings. The van der Waals surface area contributed by atoms with Gasteiger partial charge >= 0.3 is 0 Å². The normalized spacial score (nSPS) is 15.5. The van der Waals surface area contributed by atoms with E-state index in [0.29, 0.717) is 21.2 Å². The summed E-state index contributed by atoms with van der Waals surface area (Å²) in [4.78, 5) is 28.8. The number of fused-ring (bicyclic) bond motifs is 1. The number of anilines is 1. The van der Waals surface area contributed by atoms with Crippen molar-refractivity contribution in [2.75, 3.05) is 11.9 Å². The van der Waals surface area contributed by atoms with Crippen molar-refractivity contribution < 1.29 is 9.59 Å². The fourth-order valence-corrected chi connectivity index (χ4v) is 4.65. The Morgan fingerprint density at radius 3 is 2.52 bits per heavy atom. The van der Waals surface area contributed by atoms with Crippen LogP contribution in [0.1, 0.15) is 34.5 Å². The molecule has 2 amide bonds. The zero-order valence-electron chi connectivity index (χ0n) is 17.1. The predicted octanol–water partition coefficient (Wildman–Crippen LogP) is 5.94. The predicted molar refractivity (Wildman–Crippen MR) is 127 cm³/mol. The van der Waals surface area contributed by atoms with Gasteiger partial charge in [0.15, 0.2) is 0 Å². The number of benzene rings is 3. The first kappa shape index (κ1) is 21.2. The van der Waals surface area contributed by atoms with E-state index in [1.165, 1.54) is 11.8 Å². The van der Waals surface area contributed by atoms with E-state index in [0.717, 1.165) is 16.0 Å². The van der Waals surface area contributed by atoms with Gasteiger partial charge in [-0.3, -0.25) is 9.59 Å². The van der Waals surface area contributed by atoms with Crippen molar-refractivity contribution >= 4 is 46.9 Å². The lowest BCUT2D eigenvalue weighted by atomic mass is 10.1. The number of amides is 2. The van der Waals surface area contributed by atoms with Crippen molar-refractivity contribution in [1.82, 2.24) is 5.32 Å². The van der Waals surface area contributed by atoms with Crippen LogP contribution in [0, 0.1) is 0 Å². The van der Waals surface area contributed by atoms with Gasteiger partial charge in [-0.15, -0.1) is 0 Å². The SMILES string of the molecule is CC(NC(=O)c1ccc2c(c1)N(C)C(=O)C(=Cc1ccccc1Cl)S2)c1ccccc1. The molecule has 0 saturated carbocycles. The molecule has 1 heterocycles. The first-order valence-corrected chi connectivity index (χ1v) is 11.1. The minimum atomic E-state index is -0.178. The number of halogens is 1. The molecule has 1 N–H and O–H groups in total. The zero-order chi connectivity index (χ0) is 22.0. The second-order valence-corrected chi connectivity index (χ2v) is 8.78. The number of likely N-dealkylation sites (N-methyl/N-ethyl adjacent to an activating group) is 1. The van der Waals surface area contributed by atoms with Gasteiger partial charge < -0.3 is 10.2 Å². The Morgan fingerprint density at radius 1 is 1.06 bits per heavy atom. The van der Waals surface area contributed by atoms with Crippen molar-refractivity contribution in [1.29, 1.82) is 0 Å². The fraction of sp³-hybridized carbons (Fsp3) is 0.120. The lowest BCUT2D eigenvalue weighted by Gasteiger charge is -2.27. The van der Waals surface area contributed by atoms with Crippen molar-refractivity contribution in [3.63, 3.8) is 0 Å². The molecule has 0 spiro atoms. The maximum Gasteiger partial charge on any atom is 0.264 e. The van der Waals surface area contributed by atoms with Crippen LogP contribution >= 0.6 is 23.4 Å². The molecule has 31 heavy (non-hydrogen) atoms. The highest BCUT2D eigenvalue weighted by Crippen LogP contribution is 2.42. The molecule has 1 atom stereocenters. The molecule has 0 aliphatic carbocycles. The van der Waals surface area contributed by atoms with Gasteiger partial charge in [0, 0.05) is 22.5 Å². The van der Waals surface area contributed by atoms with Crippen LogP contribution in [0.25, 0.3) is 6.08 Å². The molecule has 1 aliphatic heterocycles. The molecule has 0 aromatic heterocycles. The molecule has 4 nitrogen and oxygen atoms in total. The number of rotatable bonds is 4. The summed E-state index contributed by atoms with van der Waals surface area (Å²) in [6.07, 6.45) is 1.80. The highest BCUT2D eigenvalue weighted by Gasteiger charge is 2.27. The Kier molecular flexibility index (Phi) is 6.16. The number of hydrogen-bond donors (Lipinski definition) is 1. The summed E-state index contributed by atoms with van der Waals surface area (Å²) in [6, 6.07) is 22.5. The van der Waals surface area contributed by atoms with Gasteiger partial charge in [-0.2, -0.15) is 0 Å². The molecule has 1 aliphatic rings. The summed E-state index contributed by atoms with van der Waals surface area (Å²) in [7, 11) is 1.72. The molecule has 4 rings (SSSR count). The Bertz CT molecular complexity index is 1180. The van der Waals surface area contributed by atoms with Crippen molar-refractivity contribution in [2.24, 2.45) is 0 Å². The highest BCUT2D eigenvalue weighted by atomic mass is 35.5. The van der Waals surface area contributed by atoms with Gasteiger partial charge in [0.1, 0.15) is 0 Å². The molecule has 156 valence electrons. The van der Waals surface area contributed by atoms with Gasteiger partial charge in [-0.1, -0.05) is 71.9 Å². The van der Waals surface area contributed by atoms with Crippen LogP contribution in [-0.2, 0) is 4.79 Å². The number of hydrogen-bond acceptors (Lipinski definition) is 3. The minimum Gasteiger partial charge on any atom is -0.346 e. The number of nitrogens with zero attached hydrogens (tertiary/aromatic N) is 1. The van der Waals surface area contributed by atoms with Crippen molar-refractivity contribution in [3.8, 4) is 0 Å². The first-order valence-electron chi connectivity index (χ1n) is 9.86. The van der Waals surface area contributed by atoms with Crippen molar-refractivity contribution in [2.45, 2.75) is 17.9 Å². The summed E-state index contributed by atoms with van der Waals surface area (Å²) in [5, 5.41) is 3.61. The second kappa shape index (κ2) is 9.00. The molecular weight excluding hydrogens is 428 g/mol. The molecule has 0 fully saturated rings. The lowest BCUT2D eigenvalue weighted by molar-refractivity contribution is -0.114. The summed E-state index contributed by atoms with van der Waals surface area (Å²) in [5.74, 6) is -0.310. The van der Waals surface area contributed by atoms with Crippen LogP contribution in [0.2, 0.25) is 5.02 Å². The van der Waals surface area contributed by atoms with E-state index in [9.17, 15) is 9.59 Å². The van der Waals surface area contributed by atoms with Crippen LogP contribution in [0.15, 0.2) is 82.6 Å². The molecular formula is C25H21ClN2O2S. The number of nitrogens with one attached hydrogen (secondary N) is 1. The minimum absolute atomic E-state index is 0.122. The third-order valence-corrected chi connectivity index (χ3v) is 6.58. The van der Waals surface area contributed by atoms with Gasteiger partial charge in [0.2, 0.25) is 0 Å².